The van der Waals surface area contributed by atoms with Gasteiger partial charge in [0.1, 0.15) is 12.4 Å². The van der Waals surface area contributed by atoms with Gasteiger partial charge in [-0.3, -0.25) is 4.90 Å². The van der Waals surface area contributed by atoms with E-state index in [0.29, 0.717) is 12.6 Å². The van der Waals surface area contributed by atoms with Gasteiger partial charge in [-0.15, -0.1) is 0 Å². The van der Waals surface area contributed by atoms with Crippen LogP contribution < -0.4 is 10.5 Å². The summed E-state index contributed by atoms with van der Waals surface area (Å²) in [6.07, 6.45) is 7.51. The molecule has 2 N–H and O–H groups in total. The third-order valence-electron chi connectivity index (χ3n) is 4.19. The van der Waals surface area contributed by atoms with Crippen molar-refractivity contribution in [1.82, 2.24) is 14.6 Å². The van der Waals surface area contributed by atoms with Gasteiger partial charge in [-0.25, -0.2) is 9.66 Å². The Hall–Kier alpha value is -2.34. The topological polar surface area (TPSA) is 68.7 Å². The Bertz CT molecular complexity index is 688. The summed E-state index contributed by atoms with van der Waals surface area (Å²) in [5.74, 6) is 1.22. The second-order valence-corrected chi connectivity index (χ2v) is 6.12. The molecule has 1 aliphatic rings. The van der Waals surface area contributed by atoms with Crippen LogP contribution in [-0.2, 0) is 0 Å². The molecule has 2 aromatic rings. The van der Waals surface area contributed by atoms with Crippen LogP contribution in [0.5, 0.6) is 5.75 Å². The Morgan fingerprint density at radius 1 is 1.25 bits per heavy atom. The van der Waals surface area contributed by atoms with Crippen molar-refractivity contribution < 1.29 is 4.74 Å². The van der Waals surface area contributed by atoms with Crippen molar-refractivity contribution in [3.8, 4) is 5.75 Å². The maximum absolute atomic E-state index is 5.97. The minimum Gasteiger partial charge on any atom is -0.492 e. The number of likely N-dealkylation sites (tertiary alicyclic amines) is 1. The van der Waals surface area contributed by atoms with E-state index in [4.69, 9.17) is 10.5 Å². The maximum atomic E-state index is 5.97. The van der Waals surface area contributed by atoms with Crippen molar-refractivity contribution in [1.29, 1.82) is 0 Å². The molecular weight excluding hydrogens is 302 g/mol. The van der Waals surface area contributed by atoms with Gasteiger partial charge in [-0.1, -0.05) is 18.6 Å². The number of aromatic nitrogens is 2. The van der Waals surface area contributed by atoms with Crippen molar-refractivity contribution in [2.45, 2.75) is 26.2 Å². The molecule has 128 valence electrons. The van der Waals surface area contributed by atoms with Crippen LogP contribution in [0.25, 0.3) is 0 Å². The van der Waals surface area contributed by atoms with Gasteiger partial charge in [-0.05, 0) is 45.0 Å². The van der Waals surface area contributed by atoms with Crippen LogP contribution in [0.4, 0.5) is 5.95 Å². The lowest BCUT2D eigenvalue weighted by molar-refractivity contribution is 0.183. The molecule has 1 fully saturated rings. The summed E-state index contributed by atoms with van der Waals surface area (Å²) in [5.41, 5.74) is 7.58. The van der Waals surface area contributed by atoms with Crippen LogP contribution >= 0.6 is 0 Å². The molecule has 1 aromatic carbocycles. The van der Waals surface area contributed by atoms with E-state index in [1.807, 2.05) is 31.2 Å². The summed E-state index contributed by atoms with van der Waals surface area (Å²) in [6.45, 7) is 5.92. The second kappa shape index (κ2) is 7.97. The number of para-hydroxylation sites is 1. The number of hydrogen-bond donors (Lipinski definition) is 1. The molecule has 0 saturated carbocycles. The summed E-state index contributed by atoms with van der Waals surface area (Å²) in [7, 11) is 0. The molecule has 6 nitrogen and oxygen atoms in total. The highest BCUT2D eigenvalue weighted by Crippen LogP contribution is 2.17. The summed E-state index contributed by atoms with van der Waals surface area (Å²) in [6, 6.07) is 7.91. The molecule has 1 aliphatic heterocycles. The third-order valence-corrected chi connectivity index (χ3v) is 4.19. The number of hydrogen-bond acceptors (Lipinski definition) is 5. The molecule has 0 unspecified atom stereocenters. The predicted molar refractivity (Wildman–Crippen MR) is 96.6 cm³/mol. The van der Waals surface area contributed by atoms with E-state index >= 15 is 0 Å². The molecule has 3 rings (SSSR count). The van der Waals surface area contributed by atoms with Crippen LogP contribution in [0.3, 0.4) is 0 Å². The van der Waals surface area contributed by atoms with Gasteiger partial charge < -0.3 is 10.5 Å². The Morgan fingerprint density at radius 3 is 2.79 bits per heavy atom. The highest BCUT2D eigenvalue weighted by molar-refractivity contribution is 5.83. The average molecular weight is 327 g/mol. The van der Waals surface area contributed by atoms with E-state index in [0.717, 1.165) is 23.6 Å². The Labute approximate surface area is 142 Å². The molecule has 0 radical (unpaired) electrons. The number of piperidine rings is 1. The lowest BCUT2D eigenvalue weighted by Crippen LogP contribution is -2.33. The van der Waals surface area contributed by atoms with Gasteiger partial charge in [0, 0.05) is 12.1 Å². The van der Waals surface area contributed by atoms with E-state index in [2.05, 4.69) is 15.0 Å². The molecule has 0 amide bonds. The summed E-state index contributed by atoms with van der Waals surface area (Å²) >= 11 is 0. The number of nitrogen functional groups attached to an aromatic ring is 1. The van der Waals surface area contributed by atoms with E-state index in [1.165, 1.54) is 32.4 Å². The summed E-state index contributed by atoms with van der Waals surface area (Å²) in [4.78, 5) is 6.60. The number of nitrogens with zero attached hydrogens (tertiary/aromatic N) is 4. The first-order chi connectivity index (χ1) is 11.7. The third kappa shape index (κ3) is 4.35. The quantitative estimate of drug-likeness (QED) is 0.828. The van der Waals surface area contributed by atoms with Crippen molar-refractivity contribution in [2.75, 3.05) is 32.0 Å². The molecule has 0 spiro atoms. The van der Waals surface area contributed by atoms with Crippen LogP contribution in [0, 0.1) is 6.92 Å². The lowest BCUT2D eigenvalue weighted by atomic mass is 10.1. The highest BCUT2D eigenvalue weighted by Gasteiger charge is 2.10. The van der Waals surface area contributed by atoms with Gasteiger partial charge in [0.2, 0.25) is 5.95 Å². The van der Waals surface area contributed by atoms with Crippen molar-refractivity contribution in [3.63, 3.8) is 0 Å². The standard InChI is InChI=1S/C18H25N5O/c1-15-14-23(18(19)21-15)20-13-16-7-3-4-8-17(16)24-12-11-22-9-5-2-6-10-22/h3-4,7-8,13-14H,2,5-6,9-12H2,1H3,(H2,19,21). The largest absolute Gasteiger partial charge is 0.492 e. The Balaban J connectivity index is 1.61. The molecule has 1 saturated heterocycles. The molecule has 6 heteroatoms. The fourth-order valence-corrected chi connectivity index (χ4v) is 2.91. The monoisotopic (exact) mass is 327 g/mol. The first kappa shape index (κ1) is 16.5. The number of nitrogens with two attached hydrogens (primary N) is 1. The van der Waals surface area contributed by atoms with E-state index in [9.17, 15) is 0 Å². The predicted octanol–water partition coefficient (Wildman–Crippen LogP) is 2.52. The minimum absolute atomic E-state index is 0.382. The van der Waals surface area contributed by atoms with Crippen molar-refractivity contribution >= 4 is 12.2 Å². The summed E-state index contributed by atoms with van der Waals surface area (Å²) in [5, 5.41) is 4.37. The van der Waals surface area contributed by atoms with Gasteiger partial charge in [0.25, 0.3) is 0 Å². The first-order valence-electron chi connectivity index (χ1n) is 8.52. The van der Waals surface area contributed by atoms with Crippen LogP contribution in [0.2, 0.25) is 0 Å². The number of anilines is 1. The fourth-order valence-electron chi connectivity index (χ4n) is 2.91. The van der Waals surface area contributed by atoms with Gasteiger partial charge in [0.05, 0.1) is 18.1 Å². The van der Waals surface area contributed by atoms with Crippen molar-refractivity contribution in [2.24, 2.45) is 5.10 Å². The van der Waals surface area contributed by atoms with Gasteiger partial charge >= 0.3 is 0 Å². The molecular formula is C18H25N5O. The number of rotatable bonds is 6. The molecule has 0 aliphatic carbocycles. The smallest absolute Gasteiger partial charge is 0.221 e. The number of benzene rings is 1. The second-order valence-electron chi connectivity index (χ2n) is 6.12. The zero-order valence-electron chi connectivity index (χ0n) is 14.2. The average Bonchev–Trinajstić information content (AvgIpc) is 2.92. The molecule has 0 atom stereocenters. The van der Waals surface area contributed by atoms with E-state index in [1.54, 1.807) is 17.1 Å². The molecule has 24 heavy (non-hydrogen) atoms. The molecule has 0 bridgehead atoms. The Morgan fingerprint density at radius 2 is 2.04 bits per heavy atom. The number of imidazole rings is 1. The normalized spacial score (nSPS) is 15.9. The van der Waals surface area contributed by atoms with Crippen LogP contribution in [0.15, 0.2) is 35.6 Å². The number of ether oxygens (including phenoxy) is 1. The van der Waals surface area contributed by atoms with E-state index < -0.39 is 0 Å². The first-order valence-corrected chi connectivity index (χ1v) is 8.52. The Kier molecular flexibility index (Phi) is 5.48. The van der Waals surface area contributed by atoms with Gasteiger partial charge in [-0.2, -0.15) is 5.10 Å². The zero-order chi connectivity index (χ0) is 16.8. The van der Waals surface area contributed by atoms with Crippen LogP contribution in [-0.4, -0.2) is 47.0 Å². The zero-order valence-corrected chi connectivity index (χ0v) is 14.2. The highest BCUT2D eigenvalue weighted by atomic mass is 16.5. The summed E-state index contributed by atoms with van der Waals surface area (Å²) < 4.78 is 7.54. The molecule has 1 aromatic heterocycles. The van der Waals surface area contributed by atoms with Gasteiger partial charge in [0.15, 0.2) is 0 Å². The van der Waals surface area contributed by atoms with Crippen molar-refractivity contribution in [3.05, 3.63) is 41.7 Å². The minimum atomic E-state index is 0.382. The SMILES string of the molecule is Cc1cn(N=Cc2ccccc2OCCN2CCCCC2)c(N)n1. The maximum Gasteiger partial charge on any atom is 0.221 e. The lowest BCUT2D eigenvalue weighted by Gasteiger charge is -2.26. The number of aryl methyl sites for hydroxylation is 1. The fraction of sp³-hybridized carbons (Fsp3) is 0.444. The molecule has 2 heterocycles. The van der Waals surface area contributed by atoms with Crippen LogP contribution in [0.1, 0.15) is 30.5 Å². The van der Waals surface area contributed by atoms with E-state index in [-0.39, 0.29) is 0 Å².